The number of ether oxygens (including phenoxy) is 1. The summed E-state index contributed by atoms with van der Waals surface area (Å²) in [5.74, 6) is -0.277. The lowest BCUT2D eigenvalue weighted by Gasteiger charge is -2.17. The van der Waals surface area contributed by atoms with E-state index < -0.39 is 5.97 Å². The van der Waals surface area contributed by atoms with Gasteiger partial charge in [0, 0.05) is 11.1 Å². The molecule has 172 valence electrons. The number of nitrogens with two attached hydrogens (primary N) is 1. The van der Waals surface area contributed by atoms with Crippen LogP contribution in [0.15, 0.2) is 36.4 Å². The van der Waals surface area contributed by atoms with Gasteiger partial charge in [-0.15, -0.1) is 10.2 Å². The van der Waals surface area contributed by atoms with E-state index in [1.165, 1.54) is 29.5 Å². The van der Waals surface area contributed by atoms with E-state index >= 15 is 0 Å². The molecule has 4 rings (SSSR count). The number of benzene rings is 2. The first kappa shape index (κ1) is 24.7. The molecule has 7 nitrogen and oxygen atoms in total. The Morgan fingerprint density at radius 2 is 2.00 bits per heavy atom. The summed E-state index contributed by atoms with van der Waals surface area (Å²) in [5.41, 5.74) is 5.49. The van der Waals surface area contributed by atoms with E-state index in [0.29, 0.717) is 11.3 Å². The Labute approximate surface area is 201 Å². The summed E-state index contributed by atoms with van der Waals surface area (Å²) in [4.78, 5) is 9.50. The Hall–Kier alpha value is -2.93. The minimum absolute atomic E-state index is 0.0139. The topological polar surface area (TPSA) is 122 Å². The van der Waals surface area contributed by atoms with Crippen LogP contribution in [0.3, 0.4) is 0 Å². The molecule has 0 spiro atoms. The molecule has 0 saturated heterocycles. The Balaban J connectivity index is 0.000000454. The number of rotatable bonds is 6. The van der Waals surface area contributed by atoms with Gasteiger partial charge >= 0.3 is 5.97 Å². The number of aryl methyl sites for hydroxylation is 1. The maximum atomic E-state index is 9.50. The zero-order valence-electron chi connectivity index (χ0n) is 18.6. The summed E-state index contributed by atoms with van der Waals surface area (Å²) in [6.45, 7) is 3.90. The predicted octanol–water partition coefficient (Wildman–Crippen LogP) is 5.09. The first-order valence-electron chi connectivity index (χ1n) is 10.6. The van der Waals surface area contributed by atoms with E-state index in [1.54, 1.807) is 11.3 Å². The van der Waals surface area contributed by atoms with Crippen LogP contribution in [-0.4, -0.2) is 33.1 Å². The SMILES string of the molecule is CC(C)Oc1ccc(-c2nnc(-c3cccc4c3CCCC4)s2)cc1C#N.NSCC(=O)O. The highest BCUT2D eigenvalue weighted by Gasteiger charge is 2.18. The zero-order chi connectivity index (χ0) is 23.8. The summed E-state index contributed by atoms with van der Waals surface area (Å²) in [6, 6.07) is 14.3. The summed E-state index contributed by atoms with van der Waals surface area (Å²) >= 11 is 2.39. The number of carboxylic acid groups (broad SMARTS) is 1. The van der Waals surface area contributed by atoms with E-state index in [4.69, 9.17) is 15.0 Å². The fraction of sp³-hybridized carbons (Fsp3) is 0.333. The Morgan fingerprint density at radius 3 is 2.67 bits per heavy atom. The Morgan fingerprint density at radius 1 is 1.24 bits per heavy atom. The summed E-state index contributed by atoms with van der Waals surface area (Å²) in [7, 11) is 0. The number of aromatic nitrogens is 2. The van der Waals surface area contributed by atoms with Crippen LogP contribution < -0.4 is 9.88 Å². The third-order valence-electron chi connectivity index (χ3n) is 4.97. The smallest absolute Gasteiger partial charge is 0.314 e. The summed E-state index contributed by atoms with van der Waals surface area (Å²) in [5, 5.41) is 32.7. The van der Waals surface area contributed by atoms with Gasteiger partial charge in [-0.05, 0) is 68.9 Å². The van der Waals surface area contributed by atoms with Gasteiger partial charge in [-0.3, -0.25) is 9.93 Å². The largest absolute Gasteiger partial charge is 0.490 e. The van der Waals surface area contributed by atoms with Crippen molar-refractivity contribution < 1.29 is 14.6 Å². The molecule has 0 radical (unpaired) electrons. The van der Waals surface area contributed by atoms with E-state index in [0.717, 1.165) is 40.4 Å². The number of aliphatic carboxylic acids is 1. The van der Waals surface area contributed by atoms with Gasteiger partial charge in [-0.2, -0.15) is 5.26 Å². The standard InChI is InChI=1S/C22H21N3OS.C2H5NO2S/c1-14(2)26-20-11-10-16(12-17(20)13-23)21-24-25-22(27-21)19-9-5-7-15-6-3-4-8-18(15)19;3-6-1-2(4)5/h5,7,9-12,14H,3-4,6,8H2,1-2H3;1,3H2,(H,4,5). The molecule has 0 fully saturated rings. The molecule has 1 heterocycles. The van der Waals surface area contributed by atoms with Crippen molar-refractivity contribution in [1.82, 2.24) is 10.2 Å². The number of hydrogen-bond donors (Lipinski definition) is 2. The molecule has 0 aliphatic heterocycles. The maximum absolute atomic E-state index is 9.50. The second-order valence-electron chi connectivity index (χ2n) is 7.76. The number of nitrogens with zero attached hydrogens (tertiary/aromatic N) is 3. The van der Waals surface area contributed by atoms with Crippen LogP contribution in [0.2, 0.25) is 0 Å². The van der Waals surface area contributed by atoms with Gasteiger partial charge in [0.2, 0.25) is 0 Å². The normalized spacial score (nSPS) is 12.3. The molecule has 1 aliphatic rings. The van der Waals surface area contributed by atoms with Crippen LogP contribution in [0.1, 0.15) is 43.4 Å². The van der Waals surface area contributed by atoms with Crippen molar-refractivity contribution in [1.29, 1.82) is 5.26 Å². The van der Waals surface area contributed by atoms with Crippen LogP contribution in [0, 0.1) is 11.3 Å². The third kappa shape index (κ3) is 6.54. The molecule has 0 bridgehead atoms. The molecule has 0 atom stereocenters. The van der Waals surface area contributed by atoms with Gasteiger partial charge in [0.05, 0.1) is 11.7 Å². The van der Waals surface area contributed by atoms with E-state index in [2.05, 4.69) is 34.5 Å². The van der Waals surface area contributed by atoms with E-state index in [9.17, 15) is 10.1 Å². The second-order valence-corrected chi connectivity index (χ2v) is 9.36. The molecule has 1 aromatic heterocycles. The van der Waals surface area contributed by atoms with E-state index in [-0.39, 0.29) is 11.9 Å². The average molecular weight is 483 g/mol. The third-order valence-corrected chi connectivity index (χ3v) is 6.39. The molecule has 0 saturated carbocycles. The number of carboxylic acids is 1. The number of nitriles is 1. The fourth-order valence-electron chi connectivity index (χ4n) is 3.61. The Bertz CT molecular complexity index is 1150. The van der Waals surface area contributed by atoms with Crippen molar-refractivity contribution in [3.63, 3.8) is 0 Å². The molecule has 1 aliphatic carbocycles. The molecule has 0 unspecified atom stereocenters. The molecule has 3 aromatic rings. The minimum Gasteiger partial charge on any atom is -0.490 e. The number of carbonyl (C=O) groups is 1. The van der Waals surface area contributed by atoms with Gasteiger partial charge < -0.3 is 9.84 Å². The quantitative estimate of drug-likeness (QED) is 0.466. The van der Waals surface area contributed by atoms with Crippen molar-refractivity contribution in [3.8, 4) is 33.0 Å². The molecule has 0 amide bonds. The van der Waals surface area contributed by atoms with Gasteiger partial charge in [0.15, 0.2) is 0 Å². The monoisotopic (exact) mass is 482 g/mol. The highest BCUT2D eigenvalue weighted by molar-refractivity contribution is 7.97. The van der Waals surface area contributed by atoms with Gasteiger partial charge in [-0.25, -0.2) is 0 Å². The molecule has 9 heteroatoms. The molecule has 33 heavy (non-hydrogen) atoms. The van der Waals surface area contributed by atoms with Crippen molar-refractivity contribution in [3.05, 3.63) is 53.1 Å². The van der Waals surface area contributed by atoms with Crippen molar-refractivity contribution in [2.45, 2.75) is 45.6 Å². The lowest BCUT2D eigenvalue weighted by molar-refractivity contribution is -0.133. The summed E-state index contributed by atoms with van der Waals surface area (Å²) in [6.07, 6.45) is 4.79. The Kier molecular flexibility index (Phi) is 8.83. The van der Waals surface area contributed by atoms with Gasteiger partial charge in [0.1, 0.15) is 27.6 Å². The highest BCUT2D eigenvalue weighted by Crippen LogP contribution is 2.36. The highest BCUT2D eigenvalue weighted by atomic mass is 32.2. The average Bonchev–Trinajstić information content (AvgIpc) is 3.29. The van der Waals surface area contributed by atoms with Crippen molar-refractivity contribution in [2.75, 3.05) is 5.75 Å². The van der Waals surface area contributed by atoms with Gasteiger partial charge in [-0.1, -0.05) is 41.5 Å². The molecule has 3 N–H and O–H groups in total. The predicted molar refractivity (Wildman–Crippen MR) is 132 cm³/mol. The van der Waals surface area contributed by atoms with Crippen molar-refractivity contribution in [2.24, 2.45) is 5.14 Å². The number of hydrogen-bond acceptors (Lipinski definition) is 8. The first-order valence-corrected chi connectivity index (χ1v) is 12.5. The fourth-order valence-corrected chi connectivity index (χ4v) is 4.64. The molecular weight excluding hydrogens is 456 g/mol. The van der Waals surface area contributed by atoms with Crippen LogP contribution in [0.25, 0.3) is 21.1 Å². The molecule has 2 aromatic carbocycles. The maximum Gasteiger partial charge on any atom is 0.314 e. The van der Waals surface area contributed by atoms with Crippen molar-refractivity contribution >= 4 is 29.3 Å². The lowest BCUT2D eigenvalue weighted by Crippen LogP contribution is -2.06. The lowest BCUT2D eigenvalue weighted by atomic mass is 9.88. The minimum atomic E-state index is -0.873. The molecular formula is C24H26N4O3S2. The summed E-state index contributed by atoms with van der Waals surface area (Å²) < 4.78 is 5.71. The van der Waals surface area contributed by atoms with Crippen LogP contribution in [0.5, 0.6) is 5.75 Å². The second kappa shape index (κ2) is 11.8. The van der Waals surface area contributed by atoms with E-state index in [1.807, 2.05) is 32.0 Å². The zero-order valence-corrected chi connectivity index (χ0v) is 20.2. The van der Waals surface area contributed by atoms with Crippen LogP contribution in [0.4, 0.5) is 0 Å². The van der Waals surface area contributed by atoms with Crippen LogP contribution in [-0.2, 0) is 17.6 Å². The number of fused-ring (bicyclic) bond motifs is 1. The first-order chi connectivity index (χ1) is 15.9. The van der Waals surface area contributed by atoms with Gasteiger partial charge in [0.25, 0.3) is 0 Å². The van der Waals surface area contributed by atoms with Crippen LogP contribution >= 0.6 is 23.3 Å².